The van der Waals surface area contributed by atoms with Crippen molar-refractivity contribution < 1.29 is 4.79 Å². The molecule has 4 nitrogen and oxygen atoms in total. The van der Waals surface area contributed by atoms with Crippen molar-refractivity contribution in [3.8, 4) is 0 Å². The molecule has 1 fully saturated rings. The molecule has 2 aromatic carbocycles. The summed E-state index contributed by atoms with van der Waals surface area (Å²) in [6.07, 6.45) is 16.2. The van der Waals surface area contributed by atoms with E-state index in [2.05, 4.69) is 127 Å². The van der Waals surface area contributed by atoms with Crippen LogP contribution in [0, 0.1) is 5.41 Å². The first-order chi connectivity index (χ1) is 24.3. The van der Waals surface area contributed by atoms with Crippen molar-refractivity contribution in [1.82, 2.24) is 10.6 Å². The molecule has 0 aromatic heterocycles. The molecule has 1 saturated carbocycles. The molecule has 3 rings (SSSR count). The fourth-order valence-electron chi connectivity index (χ4n) is 5.80. The molecule has 51 heavy (non-hydrogen) atoms. The van der Waals surface area contributed by atoms with Crippen molar-refractivity contribution >= 4 is 17.3 Å². The first-order valence-corrected chi connectivity index (χ1v) is 20.0. The molecule has 1 aliphatic rings. The Kier molecular flexibility index (Phi) is 26.6. The fraction of sp³-hybridized carbons (Fsp3) is 0.574. The Morgan fingerprint density at radius 3 is 1.88 bits per heavy atom. The highest BCUT2D eigenvalue weighted by Crippen LogP contribution is 2.24. The van der Waals surface area contributed by atoms with E-state index in [0.717, 1.165) is 75.0 Å². The highest BCUT2D eigenvalue weighted by atomic mass is 16.1. The zero-order chi connectivity index (χ0) is 38.7. The minimum absolute atomic E-state index is 0.112. The Morgan fingerprint density at radius 2 is 1.43 bits per heavy atom. The van der Waals surface area contributed by atoms with E-state index in [1.54, 1.807) is 13.0 Å². The summed E-state index contributed by atoms with van der Waals surface area (Å²) in [4.78, 5) is 16.5. The summed E-state index contributed by atoms with van der Waals surface area (Å²) in [6, 6.07) is 20.4. The maximum atomic E-state index is 11.5. The molecule has 1 aliphatic carbocycles. The second-order valence-electron chi connectivity index (χ2n) is 14.9. The van der Waals surface area contributed by atoms with Crippen LogP contribution in [0.4, 0.5) is 0 Å². The summed E-state index contributed by atoms with van der Waals surface area (Å²) < 4.78 is 0. The van der Waals surface area contributed by atoms with Gasteiger partial charge in [-0.25, -0.2) is 0 Å². The number of carbonyl (C=O) groups excluding carboxylic acids is 1. The quantitative estimate of drug-likeness (QED) is 0.0893. The van der Waals surface area contributed by atoms with Gasteiger partial charge in [-0.3, -0.25) is 9.79 Å². The monoisotopic (exact) mass is 700 g/mol. The third kappa shape index (κ3) is 23.8. The van der Waals surface area contributed by atoms with Crippen LogP contribution in [0.1, 0.15) is 164 Å². The predicted molar refractivity (Wildman–Crippen MR) is 228 cm³/mol. The highest BCUT2D eigenvalue weighted by molar-refractivity contribution is 5.90. The molecule has 0 aliphatic heterocycles. The molecule has 286 valence electrons. The van der Waals surface area contributed by atoms with E-state index in [9.17, 15) is 4.79 Å². The molecular weight excluding hydrogens is 623 g/mol. The number of nitrogens with zero attached hydrogens (tertiary/aromatic N) is 1. The Labute approximate surface area is 315 Å². The Balaban J connectivity index is 0.00000151. The molecule has 2 N–H and O–H groups in total. The number of unbranched alkanes of at least 4 members (excludes halogenated alkanes) is 2. The lowest BCUT2D eigenvalue weighted by Crippen LogP contribution is -2.34. The fourth-order valence-corrected chi connectivity index (χ4v) is 5.80. The van der Waals surface area contributed by atoms with E-state index in [0.29, 0.717) is 17.5 Å². The molecular formula is C47H77N3O. The summed E-state index contributed by atoms with van der Waals surface area (Å²) in [7, 11) is 0. The molecule has 0 saturated heterocycles. The van der Waals surface area contributed by atoms with Gasteiger partial charge in [0.15, 0.2) is 5.78 Å². The Hall–Kier alpha value is -3.24. The van der Waals surface area contributed by atoms with E-state index in [1.165, 1.54) is 41.5 Å². The summed E-state index contributed by atoms with van der Waals surface area (Å²) in [6.45, 7) is 29.7. The predicted octanol–water partition coefficient (Wildman–Crippen LogP) is 13.2. The lowest BCUT2D eigenvalue weighted by Gasteiger charge is -2.28. The van der Waals surface area contributed by atoms with Gasteiger partial charge in [0.1, 0.15) is 0 Å². The average molecular weight is 700 g/mol. The van der Waals surface area contributed by atoms with Gasteiger partial charge in [0.05, 0.1) is 11.9 Å². The minimum atomic E-state index is 0.112. The summed E-state index contributed by atoms with van der Waals surface area (Å²) in [5.74, 6) is 1.09. The van der Waals surface area contributed by atoms with Crippen LogP contribution in [-0.2, 0) is 17.8 Å². The van der Waals surface area contributed by atoms with Gasteiger partial charge in [0.2, 0.25) is 0 Å². The normalized spacial score (nSPS) is 16.5. The van der Waals surface area contributed by atoms with Crippen LogP contribution in [0.2, 0.25) is 0 Å². The van der Waals surface area contributed by atoms with Crippen LogP contribution in [0.3, 0.4) is 0 Å². The van der Waals surface area contributed by atoms with Gasteiger partial charge in [-0.15, -0.1) is 6.58 Å². The largest absolute Gasteiger partial charge is 0.344 e. The summed E-state index contributed by atoms with van der Waals surface area (Å²) >= 11 is 0. The number of hydrogen-bond acceptors (Lipinski definition) is 3. The molecule has 0 radical (unpaired) electrons. The SMILES string of the molecule is C=CCC(C)(C)C.CC.CCCCC.CCc1ccc(/C(NC(C)=NC2CCC(NCc3ccccc3)CC2)=C(/C)CC/C(C)=C/C(C)=O)cc1. The van der Waals surface area contributed by atoms with Gasteiger partial charge in [0.25, 0.3) is 0 Å². The van der Waals surface area contributed by atoms with Gasteiger partial charge in [0, 0.05) is 18.3 Å². The standard InChI is InChI=1S/C33H45N3O.C7H14.C5H12.C2H6/c1-6-28-14-16-30(17-15-28)33(25(3)13-12-24(2)22-26(4)37)36-27(5)35-32-20-18-31(19-21-32)34-23-29-10-8-7-9-11-29;1-5-6-7(2,3)4;1-3-5-4-2;1-2/h7-11,14-17,22,31-32,34H,6,12-13,18-21,23H2,1-5H3,(H,35,36);5H,1,6H2,2-4H3;3-5H2,1-2H3;1-2H3/b24-22+,33-25+;;;. The Bertz CT molecular complexity index is 1290. The lowest BCUT2D eigenvalue weighted by molar-refractivity contribution is -0.112. The second-order valence-corrected chi connectivity index (χ2v) is 14.9. The smallest absolute Gasteiger partial charge is 0.152 e. The molecule has 4 heteroatoms. The molecule has 0 heterocycles. The van der Waals surface area contributed by atoms with Gasteiger partial charge in [-0.05, 0) is 113 Å². The topological polar surface area (TPSA) is 53.5 Å². The average Bonchev–Trinajstić information content (AvgIpc) is 3.11. The number of carbonyl (C=O) groups is 1. The van der Waals surface area contributed by atoms with Crippen LogP contribution in [0.15, 0.2) is 89.5 Å². The zero-order valence-electron chi connectivity index (χ0n) is 35.1. The number of benzene rings is 2. The number of hydrogen-bond donors (Lipinski definition) is 2. The highest BCUT2D eigenvalue weighted by Gasteiger charge is 2.20. The minimum Gasteiger partial charge on any atom is -0.344 e. The van der Waals surface area contributed by atoms with Crippen LogP contribution >= 0.6 is 0 Å². The van der Waals surface area contributed by atoms with Crippen molar-refractivity contribution in [3.63, 3.8) is 0 Å². The van der Waals surface area contributed by atoms with E-state index in [1.807, 2.05) is 26.8 Å². The first kappa shape index (κ1) is 47.8. The molecule has 0 atom stereocenters. The number of ketones is 1. The third-order valence-corrected chi connectivity index (χ3v) is 8.70. The number of aryl methyl sites for hydroxylation is 1. The number of amidine groups is 1. The van der Waals surface area contributed by atoms with Gasteiger partial charge < -0.3 is 10.6 Å². The van der Waals surface area contributed by atoms with Crippen molar-refractivity contribution in [1.29, 1.82) is 0 Å². The number of allylic oxidation sites excluding steroid dienone is 4. The molecule has 0 unspecified atom stereocenters. The molecule has 2 aromatic rings. The van der Waals surface area contributed by atoms with Crippen LogP contribution < -0.4 is 10.6 Å². The van der Waals surface area contributed by atoms with Crippen molar-refractivity contribution in [3.05, 3.63) is 101 Å². The van der Waals surface area contributed by atoms with E-state index >= 15 is 0 Å². The van der Waals surface area contributed by atoms with Gasteiger partial charge >= 0.3 is 0 Å². The lowest BCUT2D eigenvalue weighted by atomic mass is 9.91. The molecule has 0 bridgehead atoms. The number of aliphatic imine (C=N–C) groups is 1. The van der Waals surface area contributed by atoms with Crippen molar-refractivity contribution in [2.75, 3.05) is 0 Å². The molecule has 0 amide bonds. The third-order valence-electron chi connectivity index (χ3n) is 8.70. The zero-order valence-corrected chi connectivity index (χ0v) is 35.1. The van der Waals surface area contributed by atoms with E-state index in [4.69, 9.17) is 4.99 Å². The van der Waals surface area contributed by atoms with Gasteiger partial charge in [-0.2, -0.15) is 0 Å². The van der Waals surface area contributed by atoms with Gasteiger partial charge in [-0.1, -0.05) is 141 Å². The van der Waals surface area contributed by atoms with E-state index in [-0.39, 0.29) is 5.78 Å². The maximum Gasteiger partial charge on any atom is 0.152 e. The summed E-state index contributed by atoms with van der Waals surface area (Å²) in [5, 5.41) is 7.40. The van der Waals surface area contributed by atoms with Crippen LogP contribution in [-0.4, -0.2) is 23.7 Å². The van der Waals surface area contributed by atoms with Crippen LogP contribution in [0.25, 0.3) is 5.70 Å². The van der Waals surface area contributed by atoms with Crippen molar-refractivity contribution in [2.45, 2.75) is 172 Å². The number of rotatable bonds is 14. The summed E-state index contributed by atoms with van der Waals surface area (Å²) in [5.41, 5.74) is 7.84. The van der Waals surface area contributed by atoms with Crippen LogP contribution in [0.5, 0.6) is 0 Å². The molecule has 0 spiro atoms. The second kappa shape index (κ2) is 28.4. The Morgan fingerprint density at radius 1 is 0.843 bits per heavy atom. The number of nitrogens with one attached hydrogen (secondary N) is 2. The first-order valence-electron chi connectivity index (χ1n) is 20.0. The van der Waals surface area contributed by atoms with Crippen molar-refractivity contribution in [2.24, 2.45) is 10.4 Å². The van der Waals surface area contributed by atoms with E-state index < -0.39 is 0 Å². The maximum absolute atomic E-state index is 11.5.